The number of hydrogen-bond acceptors (Lipinski definition) is 3. The fourth-order valence-corrected chi connectivity index (χ4v) is 1.10. The first-order chi connectivity index (χ1) is 6.25. The van der Waals surface area contributed by atoms with Crippen LogP contribution in [0.15, 0.2) is 24.7 Å². The monoisotopic (exact) mass is 177 g/mol. The van der Waals surface area contributed by atoms with E-state index in [9.17, 15) is 0 Å². The highest BCUT2D eigenvalue weighted by Gasteiger charge is 2.00. The molecule has 0 unspecified atom stereocenters. The van der Waals surface area contributed by atoms with Gasteiger partial charge in [0.1, 0.15) is 0 Å². The van der Waals surface area contributed by atoms with Gasteiger partial charge in [-0.1, -0.05) is 0 Å². The van der Waals surface area contributed by atoms with E-state index in [1.54, 1.807) is 23.1 Å². The molecule has 0 saturated carbocycles. The zero-order valence-electron chi connectivity index (χ0n) is 7.64. The van der Waals surface area contributed by atoms with Crippen LogP contribution in [0.3, 0.4) is 0 Å². The molecule has 0 radical (unpaired) electrons. The van der Waals surface area contributed by atoms with E-state index in [4.69, 9.17) is 4.74 Å². The molecule has 0 spiro atoms. The van der Waals surface area contributed by atoms with Gasteiger partial charge in [-0.05, 0) is 19.9 Å². The van der Waals surface area contributed by atoms with E-state index in [-0.39, 0.29) is 6.10 Å². The molecule has 4 nitrogen and oxygen atoms in total. The van der Waals surface area contributed by atoms with E-state index in [2.05, 4.69) is 10.1 Å². The van der Waals surface area contributed by atoms with Gasteiger partial charge >= 0.3 is 0 Å². The van der Waals surface area contributed by atoms with Gasteiger partial charge in [0, 0.05) is 0 Å². The summed E-state index contributed by atoms with van der Waals surface area (Å²) in [7, 11) is 0. The van der Waals surface area contributed by atoms with Gasteiger partial charge in [-0.15, -0.1) is 0 Å². The van der Waals surface area contributed by atoms with Gasteiger partial charge in [0.05, 0.1) is 30.2 Å². The molecule has 13 heavy (non-hydrogen) atoms. The van der Waals surface area contributed by atoms with Crippen molar-refractivity contribution in [2.75, 3.05) is 0 Å². The van der Waals surface area contributed by atoms with E-state index >= 15 is 0 Å². The zero-order chi connectivity index (χ0) is 9.26. The molecule has 2 heterocycles. The predicted octanol–water partition coefficient (Wildman–Crippen LogP) is 1.52. The smallest absolute Gasteiger partial charge is 0.232 e. The minimum Gasteiger partial charge on any atom is -0.474 e. The molecule has 68 valence electrons. The van der Waals surface area contributed by atoms with Crippen LogP contribution in [0.1, 0.15) is 13.8 Å². The van der Waals surface area contributed by atoms with Crippen molar-refractivity contribution in [3.05, 3.63) is 24.7 Å². The van der Waals surface area contributed by atoms with E-state index in [0.717, 1.165) is 5.52 Å². The van der Waals surface area contributed by atoms with E-state index in [0.29, 0.717) is 5.88 Å². The molecule has 4 heteroatoms. The van der Waals surface area contributed by atoms with E-state index in [1.807, 2.05) is 19.9 Å². The lowest BCUT2D eigenvalue weighted by Gasteiger charge is -2.07. The molecular formula is C9H11N3O. The van der Waals surface area contributed by atoms with Gasteiger partial charge in [-0.3, -0.25) is 0 Å². The van der Waals surface area contributed by atoms with Gasteiger partial charge in [-0.25, -0.2) is 9.50 Å². The van der Waals surface area contributed by atoms with Gasteiger partial charge in [0.2, 0.25) is 5.88 Å². The Bertz CT molecular complexity index is 408. The van der Waals surface area contributed by atoms with Crippen molar-refractivity contribution < 1.29 is 4.74 Å². The second-order valence-corrected chi connectivity index (χ2v) is 3.09. The summed E-state index contributed by atoms with van der Waals surface area (Å²) in [6.07, 6.45) is 5.39. The Morgan fingerprint density at radius 1 is 1.46 bits per heavy atom. The third-order valence-corrected chi connectivity index (χ3v) is 1.61. The summed E-state index contributed by atoms with van der Waals surface area (Å²) in [5.74, 6) is 0.603. The van der Waals surface area contributed by atoms with Crippen LogP contribution in [0.2, 0.25) is 0 Å². The van der Waals surface area contributed by atoms with Crippen LogP contribution in [-0.2, 0) is 0 Å². The van der Waals surface area contributed by atoms with Crippen molar-refractivity contribution in [1.82, 2.24) is 14.6 Å². The van der Waals surface area contributed by atoms with Crippen LogP contribution in [0, 0.1) is 0 Å². The SMILES string of the molecule is CC(C)Oc1cn2nccc2cn1. The molecule has 0 bridgehead atoms. The molecular weight excluding hydrogens is 166 g/mol. The summed E-state index contributed by atoms with van der Waals surface area (Å²) < 4.78 is 7.16. The second-order valence-electron chi connectivity index (χ2n) is 3.09. The van der Waals surface area contributed by atoms with E-state index < -0.39 is 0 Å². The van der Waals surface area contributed by atoms with E-state index in [1.165, 1.54) is 0 Å². The topological polar surface area (TPSA) is 39.4 Å². The average Bonchev–Trinajstić information content (AvgIpc) is 2.49. The lowest BCUT2D eigenvalue weighted by Crippen LogP contribution is -2.07. The Labute approximate surface area is 76.2 Å². The molecule has 0 atom stereocenters. The van der Waals surface area contributed by atoms with Gasteiger partial charge < -0.3 is 4.74 Å². The summed E-state index contributed by atoms with van der Waals surface area (Å²) in [4.78, 5) is 4.14. The quantitative estimate of drug-likeness (QED) is 0.698. The van der Waals surface area contributed by atoms with Gasteiger partial charge in [0.15, 0.2) is 0 Å². The average molecular weight is 177 g/mol. The molecule has 0 saturated heterocycles. The molecule has 0 aromatic carbocycles. The van der Waals surface area contributed by atoms with Crippen molar-refractivity contribution in [3.8, 4) is 5.88 Å². The Morgan fingerprint density at radius 3 is 3.08 bits per heavy atom. The highest BCUT2D eigenvalue weighted by molar-refractivity contribution is 5.43. The van der Waals surface area contributed by atoms with Crippen LogP contribution >= 0.6 is 0 Å². The van der Waals surface area contributed by atoms with Crippen LogP contribution in [0.25, 0.3) is 5.52 Å². The number of rotatable bonds is 2. The molecule has 0 fully saturated rings. The molecule has 0 aliphatic carbocycles. The first-order valence-corrected chi connectivity index (χ1v) is 4.22. The third-order valence-electron chi connectivity index (χ3n) is 1.61. The summed E-state index contributed by atoms with van der Waals surface area (Å²) >= 11 is 0. The summed E-state index contributed by atoms with van der Waals surface area (Å²) in [5, 5.41) is 4.08. The number of nitrogens with zero attached hydrogens (tertiary/aromatic N) is 3. The maximum atomic E-state index is 5.42. The minimum absolute atomic E-state index is 0.139. The lowest BCUT2D eigenvalue weighted by atomic mass is 10.5. The maximum Gasteiger partial charge on any atom is 0.232 e. The van der Waals surface area contributed by atoms with Crippen molar-refractivity contribution >= 4 is 5.52 Å². The minimum atomic E-state index is 0.139. The van der Waals surface area contributed by atoms with Gasteiger partial charge in [-0.2, -0.15) is 5.10 Å². The van der Waals surface area contributed by atoms with Gasteiger partial charge in [0.25, 0.3) is 0 Å². The molecule has 0 aliphatic heterocycles. The molecule has 0 amide bonds. The van der Waals surface area contributed by atoms with Crippen LogP contribution in [-0.4, -0.2) is 20.7 Å². The standard InChI is InChI=1S/C9H11N3O/c1-7(2)13-9-6-12-8(5-10-9)3-4-11-12/h3-7H,1-2H3. The fraction of sp³-hybridized carbons (Fsp3) is 0.333. The highest BCUT2D eigenvalue weighted by atomic mass is 16.5. The lowest BCUT2D eigenvalue weighted by molar-refractivity contribution is 0.231. The predicted molar refractivity (Wildman–Crippen MR) is 48.8 cm³/mol. The fourth-order valence-electron chi connectivity index (χ4n) is 1.10. The zero-order valence-corrected chi connectivity index (χ0v) is 7.64. The first-order valence-electron chi connectivity index (χ1n) is 4.22. The molecule has 0 aliphatic rings. The number of fused-ring (bicyclic) bond motifs is 1. The number of hydrogen-bond donors (Lipinski definition) is 0. The Morgan fingerprint density at radius 2 is 2.31 bits per heavy atom. The summed E-state index contributed by atoms with van der Waals surface area (Å²) in [6, 6.07) is 1.89. The Kier molecular flexibility index (Phi) is 1.88. The normalized spacial score (nSPS) is 11.0. The highest BCUT2D eigenvalue weighted by Crippen LogP contribution is 2.09. The molecule has 0 N–H and O–H groups in total. The van der Waals surface area contributed by atoms with Crippen molar-refractivity contribution in [2.24, 2.45) is 0 Å². The van der Waals surface area contributed by atoms with Crippen LogP contribution < -0.4 is 4.74 Å². The van der Waals surface area contributed by atoms with Crippen molar-refractivity contribution in [2.45, 2.75) is 20.0 Å². The molecule has 2 aromatic heterocycles. The summed E-state index contributed by atoms with van der Waals surface area (Å²) in [5.41, 5.74) is 0.969. The largest absolute Gasteiger partial charge is 0.474 e. The molecule has 2 aromatic rings. The number of ether oxygens (including phenoxy) is 1. The van der Waals surface area contributed by atoms with Crippen molar-refractivity contribution in [3.63, 3.8) is 0 Å². The van der Waals surface area contributed by atoms with Crippen LogP contribution in [0.4, 0.5) is 0 Å². The Hall–Kier alpha value is -1.58. The Balaban J connectivity index is 2.37. The molecule has 2 rings (SSSR count). The maximum absolute atomic E-state index is 5.42. The second kappa shape index (κ2) is 3.05. The van der Waals surface area contributed by atoms with Crippen molar-refractivity contribution in [1.29, 1.82) is 0 Å². The third kappa shape index (κ3) is 1.61. The number of aromatic nitrogens is 3. The summed E-state index contributed by atoms with van der Waals surface area (Å²) in [6.45, 7) is 3.93. The van der Waals surface area contributed by atoms with Crippen LogP contribution in [0.5, 0.6) is 5.88 Å². The first kappa shape index (κ1) is 8.04.